The zero-order valence-corrected chi connectivity index (χ0v) is 25.0. The van der Waals surface area contributed by atoms with Crippen LogP contribution >= 0.6 is 11.8 Å². The number of hydrogen-bond acceptors (Lipinski definition) is 8. The van der Waals surface area contributed by atoms with Gasteiger partial charge in [-0.05, 0) is 67.3 Å². The first kappa shape index (κ1) is 30.2. The highest BCUT2D eigenvalue weighted by atomic mass is 32.2. The van der Waals surface area contributed by atoms with E-state index in [0.29, 0.717) is 42.6 Å². The molecule has 3 aromatic rings. The molecule has 2 aliphatic heterocycles. The third-order valence-electron chi connectivity index (χ3n) is 8.27. The van der Waals surface area contributed by atoms with Gasteiger partial charge in [-0.25, -0.2) is 9.37 Å². The summed E-state index contributed by atoms with van der Waals surface area (Å²) in [6.45, 7) is 1.83. The minimum Gasteiger partial charge on any atom is -0.501 e. The molecule has 13 heteroatoms. The molecule has 0 spiro atoms. The molecule has 1 aromatic carbocycles. The standard InChI is InChI=1S/C30H33FN6O5S/c1-18-14-19(4-5-21(18)31)15-33-24(39)22-23(38)26(41)37-16-29(17-43-20-6-12-32-13-7-20)8-10-30(11-9-29,28(37)34-22)35-25(40)27(42)36(2)3/h4-7,12-14,38H,8-11,15-17H2,1-3H3,(H,33,39)(H,35,40). The van der Waals surface area contributed by atoms with Crippen LogP contribution in [0.5, 0.6) is 5.75 Å². The van der Waals surface area contributed by atoms with Crippen molar-refractivity contribution < 1.29 is 23.9 Å². The van der Waals surface area contributed by atoms with Crippen LogP contribution < -0.4 is 16.2 Å². The number of nitrogens with zero attached hydrogens (tertiary/aromatic N) is 4. The molecule has 0 radical (unpaired) electrons. The van der Waals surface area contributed by atoms with Crippen molar-refractivity contribution in [2.24, 2.45) is 5.41 Å². The van der Waals surface area contributed by atoms with Gasteiger partial charge in [0.1, 0.15) is 11.6 Å². The van der Waals surface area contributed by atoms with Crippen molar-refractivity contribution in [1.82, 2.24) is 30.1 Å². The largest absolute Gasteiger partial charge is 0.501 e. The second-order valence-corrected chi connectivity index (χ2v) is 12.5. The summed E-state index contributed by atoms with van der Waals surface area (Å²) in [6, 6.07) is 8.22. The molecule has 2 aromatic heterocycles. The predicted molar refractivity (Wildman–Crippen MR) is 157 cm³/mol. The molecule has 43 heavy (non-hydrogen) atoms. The Bertz CT molecular complexity index is 1640. The van der Waals surface area contributed by atoms with Gasteiger partial charge in [0.05, 0.1) is 5.54 Å². The number of thioether (sulfide) groups is 1. The van der Waals surface area contributed by atoms with E-state index >= 15 is 0 Å². The summed E-state index contributed by atoms with van der Waals surface area (Å²) in [5.41, 5.74) is -1.83. The Morgan fingerprint density at radius 2 is 1.81 bits per heavy atom. The number of carbonyl (C=O) groups excluding carboxylic acids is 3. The van der Waals surface area contributed by atoms with Gasteiger partial charge < -0.3 is 20.6 Å². The molecule has 0 atom stereocenters. The predicted octanol–water partition coefficient (Wildman–Crippen LogP) is 2.49. The van der Waals surface area contributed by atoms with Gasteiger partial charge in [-0.1, -0.05) is 12.1 Å². The van der Waals surface area contributed by atoms with Crippen LogP contribution in [0.25, 0.3) is 0 Å². The highest BCUT2D eigenvalue weighted by Gasteiger charge is 2.52. The fourth-order valence-electron chi connectivity index (χ4n) is 5.74. The summed E-state index contributed by atoms with van der Waals surface area (Å²) < 4.78 is 15.0. The van der Waals surface area contributed by atoms with Crippen LogP contribution in [0.2, 0.25) is 0 Å². The number of halogens is 1. The SMILES string of the molecule is Cc1cc(CNC(=O)c2nc3n(c(=O)c2O)CC2(CSc4ccncc4)CCC3(NC(=O)C(=O)N(C)C)CC2)ccc1F. The van der Waals surface area contributed by atoms with Crippen LogP contribution in [-0.4, -0.2) is 62.1 Å². The number of pyridine rings is 1. The number of likely N-dealkylation sites (N-methyl/N-ethyl adjacent to an activating group) is 1. The molecule has 6 rings (SSSR count). The molecule has 0 unspecified atom stereocenters. The first-order valence-corrected chi connectivity index (χ1v) is 14.9. The average Bonchev–Trinajstić information content (AvgIpc) is 3.21. The number of hydrogen-bond donors (Lipinski definition) is 3. The van der Waals surface area contributed by atoms with Crippen LogP contribution in [0, 0.1) is 18.2 Å². The Labute approximate surface area is 251 Å². The zero-order chi connectivity index (χ0) is 30.9. The highest BCUT2D eigenvalue weighted by molar-refractivity contribution is 7.99. The fourth-order valence-corrected chi connectivity index (χ4v) is 6.90. The summed E-state index contributed by atoms with van der Waals surface area (Å²) >= 11 is 1.63. The van der Waals surface area contributed by atoms with Gasteiger partial charge in [0, 0.05) is 50.2 Å². The number of benzene rings is 1. The molecule has 1 fully saturated rings. The molecule has 226 valence electrons. The molecule has 2 bridgehead atoms. The number of aromatic hydroxyl groups is 1. The Kier molecular flexibility index (Phi) is 8.28. The summed E-state index contributed by atoms with van der Waals surface area (Å²) in [4.78, 5) is 63.3. The van der Waals surface area contributed by atoms with E-state index in [0.717, 1.165) is 9.80 Å². The summed E-state index contributed by atoms with van der Waals surface area (Å²) in [5, 5.41) is 16.4. The van der Waals surface area contributed by atoms with Gasteiger partial charge >= 0.3 is 11.8 Å². The van der Waals surface area contributed by atoms with Crippen LogP contribution in [0.3, 0.4) is 0 Å². The van der Waals surface area contributed by atoms with Crippen molar-refractivity contribution in [3.63, 3.8) is 0 Å². The zero-order valence-electron chi connectivity index (χ0n) is 24.1. The van der Waals surface area contributed by atoms with Crippen molar-refractivity contribution in [3.05, 3.63) is 81.5 Å². The van der Waals surface area contributed by atoms with E-state index in [1.54, 1.807) is 37.1 Å². The first-order valence-electron chi connectivity index (χ1n) is 13.9. The van der Waals surface area contributed by atoms with Crippen LogP contribution in [0.4, 0.5) is 4.39 Å². The Balaban J connectivity index is 1.51. The molecule has 11 nitrogen and oxygen atoms in total. The summed E-state index contributed by atoms with van der Waals surface area (Å²) in [7, 11) is 2.93. The fraction of sp³-hybridized carbons (Fsp3) is 0.400. The Morgan fingerprint density at radius 3 is 2.47 bits per heavy atom. The van der Waals surface area contributed by atoms with Crippen molar-refractivity contribution in [2.45, 2.75) is 56.1 Å². The van der Waals surface area contributed by atoms with Crippen LogP contribution in [0.1, 0.15) is 53.1 Å². The maximum Gasteiger partial charge on any atom is 0.311 e. The number of aromatic nitrogens is 3. The van der Waals surface area contributed by atoms with Gasteiger partial charge in [-0.15, -0.1) is 11.8 Å². The molecule has 4 heterocycles. The summed E-state index contributed by atoms with van der Waals surface area (Å²) in [5.74, 6) is -2.80. The maximum atomic E-state index is 13.7. The number of amides is 3. The average molecular weight is 609 g/mol. The Hall–Kier alpha value is -4.26. The third kappa shape index (κ3) is 5.99. The van der Waals surface area contributed by atoms with Gasteiger partial charge in [-0.3, -0.25) is 28.7 Å². The van der Waals surface area contributed by atoms with Crippen molar-refractivity contribution >= 4 is 29.5 Å². The second kappa shape index (κ2) is 11.8. The van der Waals surface area contributed by atoms with Gasteiger partial charge in [0.2, 0.25) is 5.75 Å². The van der Waals surface area contributed by atoms with E-state index in [9.17, 15) is 28.7 Å². The summed E-state index contributed by atoms with van der Waals surface area (Å²) in [6.07, 6.45) is 5.39. The smallest absolute Gasteiger partial charge is 0.311 e. The first-order chi connectivity index (χ1) is 20.4. The van der Waals surface area contributed by atoms with Gasteiger partial charge in [-0.2, -0.15) is 0 Å². The minimum absolute atomic E-state index is 0.00798. The third-order valence-corrected chi connectivity index (χ3v) is 9.63. The van der Waals surface area contributed by atoms with E-state index in [1.807, 2.05) is 12.1 Å². The monoisotopic (exact) mass is 608 g/mol. The van der Waals surface area contributed by atoms with Gasteiger partial charge in [0.25, 0.3) is 11.5 Å². The van der Waals surface area contributed by atoms with Crippen LogP contribution in [-0.2, 0) is 28.2 Å². The lowest BCUT2D eigenvalue weighted by Gasteiger charge is -2.42. The lowest BCUT2D eigenvalue weighted by Crippen LogP contribution is -2.54. The molecule has 3 N–H and O–H groups in total. The lowest BCUT2D eigenvalue weighted by atomic mass is 9.69. The number of fused-ring (bicyclic) bond motifs is 2. The molecular formula is C30H33FN6O5S. The molecular weight excluding hydrogens is 575 g/mol. The van der Waals surface area contributed by atoms with E-state index < -0.39 is 40.3 Å². The van der Waals surface area contributed by atoms with E-state index in [-0.39, 0.29) is 30.1 Å². The van der Waals surface area contributed by atoms with Crippen molar-refractivity contribution in [3.8, 4) is 5.75 Å². The maximum absolute atomic E-state index is 13.7. The molecule has 1 aliphatic carbocycles. The highest BCUT2D eigenvalue weighted by Crippen LogP contribution is 2.51. The second-order valence-electron chi connectivity index (χ2n) is 11.5. The van der Waals surface area contributed by atoms with Crippen molar-refractivity contribution in [2.75, 3.05) is 19.8 Å². The quantitative estimate of drug-likeness (QED) is 0.274. The Morgan fingerprint density at radius 1 is 1.12 bits per heavy atom. The van der Waals surface area contributed by atoms with Gasteiger partial charge in [0.15, 0.2) is 5.69 Å². The topological polar surface area (TPSA) is 147 Å². The number of rotatable bonds is 7. The van der Waals surface area contributed by atoms with E-state index in [4.69, 9.17) is 0 Å². The lowest BCUT2D eigenvalue weighted by molar-refractivity contribution is -0.145. The molecule has 3 amide bonds. The number of aryl methyl sites for hydroxylation is 1. The molecule has 1 saturated carbocycles. The number of carbonyl (C=O) groups is 3. The normalized spacial score (nSPS) is 20.6. The minimum atomic E-state index is -1.21. The molecule has 0 saturated heterocycles. The number of nitrogens with one attached hydrogen (secondary N) is 2. The van der Waals surface area contributed by atoms with Crippen molar-refractivity contribution in [1.29, 1.82) is 0 Å². The molecule has 3 aliphatic rings. The van der Waals surface area contributed by atoms with E-state index in [2.05, 4.69) is 20.6 Å². The van der Waals surface area contributed by atoms with E-state index in [1.165, 1.54) is 30.8 Å². The van der Waals surface area contributed by atoms with Crippen LogP contribution in [0.15, 0.2) is 52.4 Å².